The summed E-state index contributed by atoms with van der Waals surface area (Å²) >= 11 is 3.44. The molecule has 2 N–H and O–H groups in total. The first-order chi connectivity index (χ1) is 12.5. The van der Waals surface area contributed by atoms with Gasteiger partial charge in [-0.2, -0.15) is 0 Å². The number of aromatic nitrogens is 2. The van der Waals surface area contributed by atoms with E-state index in [1.165, 1.54) is 0 Å². The van der Waals surface area contributed by atoms with Gasteiger partial charge in [-0.15, -0.1) is 0 Å². The number of rotatable bonds is 5. The van der Waals surface area contributed by atoms with Gasteiger partial charge in [-0.3, -0.25) is 14.3 Å². The van der Waals surface area contributed by atoms with Crippen molar-refractivity contribution in [1.82, 2.24) is 19.8 Å². The summed E-state index contributed by atoms with van der Waals surface area (Å²) in [6.07, 6.45) is 1.49. The molecule has 1 aliphatic rings. The van der Waals surface area contributed by atoms with Crippen LogP contribution in [0.1, 0.15) is 38.6 Å². The van der Waals surface area contributed by atoms with Crippen LogP contribution in [0.3, 0.4) is 0 Å². The average molecular weight is 423 g/mol. The average Bonchev–Trinajstić information content (AvgIpc) is 2.84. The molecule has 3 rings (SSSR count). The quantitative estimate of drug-likeness (QED) is 0.773. The Labute approximate surface area is 162 Å². The topological polar surface area (TPSA) is 70.4 Å². The number of hydrogen-bond donors (Lipinski definition) is 2. The lowest BCUT2D eigenvalue weighted by molar-refractivity contribution is 0.0971. The SMILES string of the molecule is CCC[C@@H](c1nc2ccc(Br)cc2c(=O)n1CC)N1CCNCC(O)C1. The van der Waals surface area contributed by atoms with E-state index in [2.05, 4.69) is 33.1 Å². The summed E-state index contributed by atoms with van der Waals surface area (Å²) < 4.78 is 2.67. The van der Waals surface area contributed by atoms with Crippen LogP contribution in [0, 0.1) is 0 Å². The van der Waals surface area contributed by atoms with Crippen LogP contribution in [0.2, 0.25) is 0 Å². The standard InChI is InChI=1S/C19H27BrN4O2/c1-3-5-17(23-9-8-21-11-14(25)12-23)18-22-16-7-6-13(20)10-15(16)19(26)24(18)4-2/h6-7,10,14,17,21,25H,3-5,8-9,11-12H2,1-2H3/t14?,17-/m0/s1. The minimum atomic E-state index is -0.407. The third kappa shape index (κ3) is 4.01. The Balaban J connectivity index is 2.12. The molecule has 1 aromatic heterocycles. The first-order valence-corrected chi connectivity index (χ1v) is 10.2. The van der Waals surface area contributed by atoms with E-state index in [9.17, 15) is 9.90 Å². The smallest absolute Gasteiger partial charge is 0.261 e. The Morgan fingerprint density at radius 2 is 2.23 bits per heavy atom. The van der Waals surface area contributed by atoms with Crippen LogP contribution in [0.4, 0.5) is 0 Å². The molecule has 1 fully saturated rings. The molecule has 6 nitrogen and oxygen atoms in total. The zero-order valence-corrected chi connectivity index (χ0v) is 17.0. The molecule has 2 aromatic rings. The highest BCUT2D eigenvalue weighted by Crippen LogP contribution is 2.26. The van der Waals surface area contributed by atoms with Gasteiger partial charge in [0, 0.05) is 37.2 Å². The van der Waals surface area contributed by atoms with Gasteiger partial charge in [0.25, 0.3) is 5.56 Å². The number of hydrogen-bond acceptors (Lipinski definition) is 5. The van der Waals surface area contributed by atoms with Gasteiger partial charge >= 0.3 is 0 Å². The zero-order chi connectivity index (χ0) is 18.7. The zero-order valence-electron chi connectivity index (χ0n) is 15.4. The van der Waals surface area contributed by atoms with Gasteiger partial charge in [-0.25, -0.2) is 4.98 Å². The van der Waals surface area contributed by atoms with Crippen molar-refractivity contribution in [1.29, 1.82) is 0 Å². The Bertz CT molecular complexity index is 823. The van der Waals surface area contributed by atoms with Gasteiger partial charge in [0.05, 0.1) is 23.0 Å². The molecule has 1 saturated heterocycles. The maximum absolute atomic E-state index is 13.1. The number of halogens is 1. The highest BCUT2D eigenvalue weighted by Gasteiger charge is 2.28. The predicted octanol–water partition coefficient (Wildman–Crippen LogP) is 2.29. The minimum absolute atomic E-state index is 0.00315. The Morgan fingerprint density at radius 1 is 1.42 bits per heavy atom. The summed E-state index contributed by atoms with van der Waals surface area (Å²) in [7, 11) is 0. The second-order valence-corrected chi connectivity index (χ2v) is 7.75. The summed E-state index contributed by atoms with van der Waals surface area (Å²) in [6.45, 7) is 7.57. The van der Waals surface area contributed by atoms with Gasteiger partial charge < -0.3 is 10.4 Å². The summed E-state index contributed by atoms with van der Waals surface area (Å²) in [4.78, 5) is 20.2. The monoisotopic (exact) mass is 422 g/mol. The normalized spacial score (nSPS) is 20.2. The van der Waals surface area contributed by atoms with Gasteiger partial charge in [0.1, 0.15) is 5.82 Å². The molecule has 7 heteroatoms. The molecule has 26 heavy (non-hydrogen) atoms. The highest BCUT2D eigenvalue weighted by molar-refractivity contribution is 9.10. The maximum atomic E-state index is 13.1. The lowest BCUT2D eigenvalue weighted by Crippen LogP contribution is -2.39. The fourth-order valence-corrected chi connectivity index (χ4v) is 4.08. The summed E-state index contributed by atoms with van der Waals surface area (Å²) in [5.41, 5.74) is 0.732. The van der Waals surface area contributed by atoms with Gasteiger partial charge in [-0.1, -0.05) is 29.3 Å². The molecule has 1 unspecified atom stereocenters. The molecule has 0 bridgehead atoms. The third-order valence-electron chi connectivity index (χ3n) is 4.96. The lowest BCUT2D eigenvalue weighted by Gasteiger charge is -2.32. The fraction of sp³-hybridized carbons (Fsp3) is 0.579. The van der Waals surface area contributed by atoms with Crippen LogP contribution >= 0.6 is 15.9 Å². The number of aliphatic hydroxyl groups is 1. The third-order valence-corrected chi connectivity index (χ3v) is 5.46. The molecule has 2 heterocycles. The minimum Gasteiger partial charge on any atom is -0.390 e. The van der Waals surface area contributed by atoms with Crippen molar-refractivity contribution in [3.05, 3.63) is 38.9 Å². The number of β-amino-alcohol motifs (C(OH)–C–C–N with tert-alkyl or cyclic N) is 1. The number of nitrogens with zero attached hydrogens (tertiary/aromatic N) is 3. The molecule has 0 radical (unpaired) electrons. The van der Waals surface area contributed by atoms with E-state index < -0.39 is 6.10 Å². The van der Waals surface area contributed by atoms with E-state index in [0.29, 0.717) is 25.0 Å². The fourth-order valence-electron chi connectivity index (χ4n) is 3.72. The van der Waals surface area contributed by atoms with Crippen LogP contribution in [0.25, 0.3) is 10.9 Å². The van der Waals surface area contributed by atoms with Gasteiger partial charge in [0.15, 0.2) is 0 Å². The number of aliphatic hydroxyl groups excluding tert-OH is 1. The summed E-state index contributed by atoms with van der Waals surface area (Å²) in [6, 6.07) is 5.68. The van der Waals surface area contributed by atoms with Crippen LogP contribution in [0.5, 0.6) is 0 Å². The van der Waals surface area contributed by atoms with E-state index in [-0.39, 0.29) is 11.6 Å². The second kappa shape index (κ2) is 8.61. The second-order valence-electron chi connectivity index (χ2n) is 6.84. The Morgan fingerprint density at radius 3 is 2.96 bits per heavy atom. The highest BCUT2D eigenvalue weighted by atomic mass is 79.9. The van der Waals surface area contributed by atoms with Crippen LogP contribution in [-0.2, 0) is 6.54 Å². The van der Waals surface area contributed by atoms with E-state index in [4.69, 9.17) is 4.98 Å². The predicted molar refractivity (Wildman–Crippen MR) is 107 cm³/mol. The van der Waals surface area contributed by atoms with Gasteiger partial charge in [-0.05, 0) is 31.5 Å². The van der Waals surface area contributed by atoms with E-state index in [1.54, 1.807) is 4.57 Å². The number of benzene rings is 1. The van der Waals surface area contributed by atoms with Gasteiger partial charge in [0.2, 0.25) is 0 Å². The van der Waals surface area contributed by atoms with Crippen molar-refractivity contribution in [3.8, 4) is 0 Å². The Kier molecular flexibility index (Phi) is 6.45. The molecule has 0 saturated carbocycles. The molecule has 0 aliphatic carbocycles. The molecular formula is C19H27BrN4O2. The summed E-state index contributed by atoms with van der Waals surface area (Å²) in [5, 5.41) is 14.1. The molecule has 2 atom stereocenters. The van der Waals surface area contributed by atoms with Crippen molar-refractivity contribution in [3.63, 3.8) is 0 Å². The van der Waals surface area contributed by atoms with Crippen LogP contribution in [-0.4, -0.2) is 51.8 Å². The van der Waals surface area contributed by atoms with Crippen molar-refractivity contribution >= 4 is 26.8 Å². The van der Waals surface area contributed by atoms with Crippen molar-refractivity contribution < 1.29 is 5.11 Å². The number of fused-ring (bicyclic) bond motifs is 1. The van der Waals surface area contributed by atoms with Crippen LogP contribution < -0.4 is 10.9 Å². The molecule has 0 spiro atoms. The largest absolute Gasteiger partial charge is 0.390 e. The van der Waals surface area contributed by atoms with Crippen molar-refractivity contribution in [2.45, 2.75) is 45.4 Å². The van der Waals surface area contributed by atoms with E-state index >= 15 is 0 Å². The Hall–Kier alpha value is -1.28. The molecule has 0 amide bonds. The van der Waals surface area contributed by atoms with E-state index in [1.807, 2.05) is 25.1 Å². The first kappa shape index (κ1) is 19.5. The molecule has 142 valence electrons. The molecule has 1 aromatic carbocycles. The molecular weight excluding hydrogens is 396 g/mol. The van der Waals surface area contributed by atoms with Crippen molar-refractivity contribution in [2.24, 2.45) is 0 Å². The first-order valence-electron chi connectivity index (χ1n) is 9.38. The maximum Gasteiger partial charge on any atom is 0.261 e. The lowest BCUT2D eigenvalue weighted by atomic mass is 10.1. The number of nitrogens with one attached hydrogen (secondary N) is 1. The molecule has 1 aliphatic heterocycles. The van der Waals surface area contributed by atoms with Crippen molar-refractivity contribution in [2.75, 3.05) is 26.2 Å². The van der Waals surface area contributed by atoms with Crippen LogP contribution in [0.15, 0.2) is 27.5 Å². The van der Waals surface area contributed by atoms with E-state index in [0.717, 1.165) is 41.7 Å². The summed E-state index contributed by atoms with van der Waals surface area (Å²) in [5.74, 6) is 0.809.